The molecule has 0 saturated carbocycles. The van der Waals surface area contributed by atoms with Gasteiger partial charge in [-0.25, -0.2) is 0 Å². The Balaban J connectivity index is 1.39. The van der Waals surface area contributed by atoms with Crippen molar-refractivity contribution in [3.63, 3.8) is 0 Å². The molecule has 2 aliphatic rings. The average Bonchev–Trinajstić information content (AvgIpc) is 3.20. The SMILES string of the molecule is CCCc1[nH]ncc1C(=O)N1CCC2(CCC(=O)N(Cc3ccncc3)C2)CC1. The van der Waals surface area contributed by atoms with Crippen molar-refractivity contribution in [2.45, 2.75) is 52.0 Å². The topological polar surface area (TPSA) is 82.2 Å². The van der Waals surface area contributed by atoms with Crippen LogP contribution in [0.25, 0.3) is 0 Å². The second-order valence-electron chi connectivity index (χ2n) is 8.41. The predicted octanol–water partition coefficient (Wildman–Crippen LogP) is 2.80. The van der Waals surface area contributed by atoms with E-state index in [1.54, 1.807) is 18.6 Å². The first-order chi connectivity index (χ1) is 14.1. The summed E-state index contributed by atoms with van der Waals surface area (Å²) in [5.74, 6) is 0.311. The lowest BCUT2D eigenvalue weighted by molar-refractivity contribution is -0.139. The zero-order chi connectivity index (χ0) is 20.3. The van der Waals surface area contributed by atoms with Gasteiger partial charge in [0.05, 0.1) is 11.8 Å². The molecule has 2 aromatic rings. The third-order valence-electron chi connectivity index (χ3n) is 6.43. The summed E-state index contributed by atoms with van der Waals surface area (Å²) in [6, 6.07) is 3.93. The van der Waals surface area contributed by atoms with Gasteiger partial charge in [0, 0.05) is 50.7 Å². The van der Waals surface area contributed by atoms with Crippen molar-refractivity contribution in [3.05, 3.63) is 47.5 Å². The summed E-state index contributed by atoms with van der Waals surface area (Å²) in [6.45, 7) is 5.01. The summed E-state index contributed by atoms with van der Waals surface area (Å²) < 4.78 is 0. The van der Waals surface area contributed by atoms with Crippen molar-refractivity contribution in [2.24, 2.45) is 5.41 Å². The minimum Gasteiger partial charge on any atom is -0.338 e. The minimum absolute atomic E-state index is 0.0811. The highest BCUT2D eigenvalue weighted by molar-refractivity contribution is 5.95. The van der Waals surface area contributed by atoms with E-state index in [1.807, 2.05) is 21.9 Å². The molecule has 0 radical (unpaired) electrons. The summed E-state index contributed by atoms with van der Waals surface area (Å²) in [5.41, 5.74) is 2.88. The Morgan fingerprint density at radius 2 is 1.97 bits per heavy atom. The molecular formula is C22H29N5O2. The molecule has 4 rings (SSSR count). The van der Waals surface area contributed by atoms with Gasteiger partial charge in [-0.15, -0.1) is 0 Å². The zero-order valence-electron chi connectivity index (χ0n) is 17.1. The van der Waals surface area contributed by atoms with Gasteiger partial charge in [0.25, 0.3) is 5.91 Å². The maximum absolute atomic E-state index is 13.0. The largest absolute Gasteiger partial charge is 0.338 e. The monoisotopic (exact) mass is 395 g/mol. The van der Waals surface area contributed by atoms with Crippen LogP contribution in [0.2, 0.25) is 0 Å². The molecule has 4 heterocycles. The number of pyridine rings is 1. The van der Waals surface area contributed by atoms with Crippen LogP contribution >= 0.6 is 0 Å². The van der Waals surface area contributed by atoms with Crippen molar-refractivity contribution >= 4 is 11.8 Å². The molecule has 1 N–H and O–H groups in total. The van der Waals surface area contributed by atoms with E-state index in [2.05, 4.69) is 22.1 Å². The van der Waals surface area contributed by atoms with Gasteiger partial charge >= 0.3 is 0 Å². The molecule has 7 heteroatoms. The standard InChI is InChI=1S/C22H29N5O2/c1-2-3-19-18(14-24-25-19)21(29)26-12-8-22(9-13-26)7-4-20(28)27(16-22)15-17-5-10-23-11-6-17/h5-6,10-11,14H,2-4,7-9,12-13,15-16H2,1H3,(H,24,25). The van der Waals surface area contributed by atoms with Crippen molar-refractivity contribution in [1.82, 2.24) is 25.0 Å². The number of nitrogens with one attached hydrogen (secondary N) is 1. The number of aromatic nitrogens is 3. The van der Waals surface area contributed by atoms with Crippen LogP contribution in [0.3, 0.4) is 0 Å². The van der Waals surface area contributed by atoms with Gasteiger partial charge in [0.15, 0.2) is 0 Å². The average molecular weight is 396 g/mol. The highest BCUT2D eigenvalue weighted by atomic mass is 16.2. The molecule has 0 bridgehead atoms. The van der Waals surface area contributed by atoms with Crippen LogP contribution in [-0.2, 0) is 17.8 Å². The first kappa shape index (κ1) is 19.6. The van der Waals surface area contributed by atoms with E-state index in [0.29, 0.717) is 18.5 Å². The Morgan fingerprint density at radius 1 is 1.21 bits per heavy atom. The van der Waals surface area contributed by atoms with Gasteiger partial charge < -0.3 is 9.80 Å². The van der Waals surface area contributed by atoms with Gasteiger partial charge in [-0.2, -0.15) is 5.10 Å². The zero-order valence-corrected chi connectivity index (χ0v) is 17.1. The van der Waals surface area contributed by atoms with Crippen LogP contribution < -0.4 is 0 Å². The van der Waals surface area contributed by atoms with Gasteiger partial charge in [-0.05, 0) is 48.8 Å². The molecule has 2 fully saturated rings. The van der Waals surface area contributed by atoms with Crippen LogP contribution in [0.15, 0.2) is 30.7 Å². The third kappa shape index (κ3) is 4.18. The summed E-state index contributed by atoms with van der Waals surface area (Å²) in [4.78, 5) is 33.5. The number of nitrogens with zero attached hydrogens (tertiary/aromatic N) is 4. The number of piperidine rings is 2. The summed E-state index contributed by atoms with van der Waals surface area (Å²) in [7, 11) is 0. The van der Waals surface area contributed by atoms with Gasteiger partial charge in [-0.3, -0.25) is 19.7 Å². The fourth-order valence-electron chi connectivity index (χ4n) is 4.66. The van der Waals surface area contributed by atoms with E-state index < -0.39 is 0 Å². The smallest absolute Gasteiger partial charge is 0.257 e. The fraction of sp³-hybridized carbons (Fsp3) is 0.545. The normalized spacial score (nSPS) is 19.0. The lowest BCUT2D eigenvalue weighted by atomic mass is 9.72. The molecule has 7 nitrogen and oxygen atoms in total. The molecule has 0 aliphatic carbocycles. The summed E-state index contributed by atoms with van der Waals surface area (Å²) in [5, 5.41) is 7.05. The molecule has 1 spiro atoms. The van der Waals surface area contributed by atoms with Gasteiger partial charge in [0.2, 0.25) is 5.91 Å². The summed E-state index contributed by atoms with van der Waals surface area (Å²) in [6.07, 6.45) is 10.4. The van der Waals surface area contributed by atoms with Crippen LogP contribution in [-0.4, -0.2) is 56.4 Å². The van der Waals surface area contributed by atoms with Crippen LogP contribution in [0.5, 0.6) is 0 Å². The first-order valence-corrected chi connectivity index (χ1v) is 10.6. The number of hydrogen-bond donors (Lipinski definition) is 1. The molecule has 0 unspecified atom stereocenters. The molecule has 2 amide bonds. The Kier molecular flexibility index (Phi) is 5.65. The van der Waals surface area contributed by atoms with Crippen molar-refractivity contribution in [2.75, 3.05) is 19.6 Å². The van der Waals surface area contributed by atoms with E-state index in [0.717, 1.165) is 63.0 Å². The Morgan fingerprint density at radius 3 is 2.69 bits per heavy atom. The lowest BCUT2D eigenvalue weighted by Crippen LogP contribution is -2.52. The molecule has 29 heavy (non-hydrogen) atoms. The molecule has 154 valence electrons. The number of aromatic amines is 1. The maximum Gasteiger partial charge on any atom is 0.257 e. The van der Waals surface area contributed by atoms with Crippen molar-refractivity contribution < 1.29 is 9.59 Å². The molecule has 0 atom stereocenters. The number of hydrogen-bond acceptors (Lipinski definition) is 4. The van der Waals surface area contributed by atoms with Crippen LogP contribution in [0.1, 0.15) is 60.6 Å². The second kappa shape index (κ2) is 8.35. The lowest BCUT2D eigenvalue weighted by Gasteiger charge is -2.47. The molecule has 2 aliphatic heterocycles. The van der Waals surface area contributed by atoms with Crippen molar-refractivity contribution in [1.29, 1.82) is 0 Å². The summed E-state index contributed by atoms with van der Waals surface area (Å²) >= 11 is 0. The van der Waals surface area contributed by atoms with Gasteiger partial charge in [-0.1, -0.05) is 13.3 Å². The van der Waals surface area contributed by atoms with E-state index >= 15 is 0 Å². The molecular weight excluding hydrogens is 366 g/mol. The second-order valence-corrected chi connectivity index (χ2v) is 8.41. The number of H-pyrrole nitrogens is 1. The van der Waals surface area contributed by atoms with E-state index in [-0.39, 0.29) is 17.2 Å². The quantitative estimate of drug-likeness (QED) is 0.844. The van der Waals surface area contributed by atoms with E-state index in [4.69, 9.17) is 0 Å². The first-order valence-electron chi connectivity index (χ1n) is 10.6. The maximum atomic E-state index is 13.0. The number of carbonyl (C=O) groups is 2. The van der Waals surface area contributed by atoms with Crippen LogP contribution in [0.4, 0.5) is 0 Å². The molecule has 0 aromatic carbocycles. The molecule has 2 aromatic heterocycles. The Hall–Kier alpha value is -2.70. The van der Waals surface area contributed by atoms with Gasteiger partial charge in [0.1, 0.15) is 0 Å². The number of aryl methyl sites for hydroxylation is 1. The van der Waals surface area contributed by atoms with E-state index in [1.165, 1.54) is 0 Å². The highest BCUT2D eigenvalue weighted by Gasteiger charge is 2.42. The van der Waals surface area contributed by atoms with E-state index in [9.17, 15) is 9.59 Å². The van der Waals surface area contributed by atoms with Crippen molar-refractivity contribution in [3.8, 4) is 0 Å². The highest BCUT2D eigenvalue weighted by Crippen LogP contribution is 2.41. The predicted molar refractivity (Wildman–Crippen MR) is 109 cm³/mol. The third-order valence-corrected chi connectivity index (χ3v) is 6.43. The minimum atomic E-state index is 0.0811. The number of amides is 2. The Bertz CT molecular complexity index is 855. The number of rotatable bonds is 5. The fourth-order valence-corrected chi connectivity index (χ4v) is 4.66. The number of likely N-dealkylation sites (tertiary alicyclic amines) is 2. The van der Waals surface area contributed by atoms with Crippen LogP contribution in [0, 0.1) is 5.41 Å². The molecule has 2 saturated heterocycles. The number of carbonyl (C=O) groups excluding carboxylic acids is 2. The Labute approximate surface area is 171 Å².